The molecule has 6 heteroatoms. The molecule has 4 rings (SSSR count). The van der Waals surface area contributed by atoms with Crippen molar-refractivity contribution in [1.82, 2.24) is 19.7 Å². The molecule has 0 bridgehead atoms. The maximum atomic E-state index is 5.96. The van der Waals surface area contributed by atoms with Gasteiger partial charge in [-0.05, 0) is 31.0 Å². The quantitative estimate of drug-likeness (QED) is 0.802. The van der Waals surface area contributed by atoms with Crippen LogP contribution >= 0.6 is 11.6 Å². The van der Waals surface area contributed by atoms with Gasteiger partial charge in [-0.25, -0.2) is 9.97 Å². The Morgan fingerprint density at radius 3 is 2.95 bits per heavy atom. The van der Waals surface area contributed by atoms with Crippen molar-refractivity contribution in [2.24, 2.45) is 7.05 Å². The average Bonchev–Trinajstić information content (AvgIpc) is 3.25. The third-order valence-corrected chi connectivity index (χ3v) is 3.91. The van der Waals surface area contributed by atoms with Crippen LogP contribution in [0, 0.1) is 0 Å². The van der Waals surface area contributed by atoms with Crippen LogP contribution in [0.15, 0.2) is 30.5 Å². The van der Waals surface area contributed by atoms with Crippen LogP contribution in [0.4, 0.5) is 11.8 Å². The minimum atomic E-state index is 0.565. The SMILES string of the molecule is Cn1nc(C2CC2)cc1Nc1ncc2cc(Cl)ccc2n1. The molecule has 1 saturated carbocycles. The number of aromatic nitrogens is 4. The fraction of sp³-hybridized carbons (Fsp3) is 0.267. The molecule has 21 heavy (non-hydrogen) atoms. The monoisotopic (exact) mass is 299 g/mol. The number of fused-ring (bicyclic) bond motifs is 1. The van der Waals surface area contributed by atoms with Crippen LogP contribution < -0.4 is 5.32 Å². The average molecular weight is 300 g/mol. The predicted molar refractivity (Wildman–Crippen MR) is 83.0 cm³/mol. The van der Waals surface area contributed by atoms with Gasteiger partial charge in [0.2, 0.25) is 5.95 Å². The van der Waals surface area contributed by atoms with E-state index in [1.165, 1.54) is 12.8 Å². The van der Waals surface area contributed by atoms with E-state index in [9.17, 15) is 0 Å². The van der Waals surface area contributed by atoms with Gasteiger partial charge in [0.25, 0.3) is 0 Å². The second kappa shape index (κ2) is 4.70. The second-order valence-electron chi connectivity index (χ2n) is 5.37. The molecule has 3 aromatic rings. The third kappa shape index (κ3) is 2.45. The summed E-state index contributed by atoms with van der Waals surface area (Å²) in [4.78, 5) is 8.83. The standard InChI is InChI=1S/C15H14ClN5/c1-21-14(7-13(20-21)9-2-3-9)19-15-17-8-10-6-11(16)4-5-12(10)18-15/h4-9H,2-3H2,1H3,(H,17,18,19). The topological polar surface area (TPSA) is 55.6 Å². The molecule has 2 heterocycles. The minimum absolute atomic E-state index is 0.565. The van der Waals surface area contributed by atoms with Crippen molar-refractivity contribution in [3.05, 3.63) is 41.2 Å². The maximum absolute atomic E-state index is 5.96. The lowest BCUT2D eigenvalue weighted by atomic mass is 10.2. The van der Waals surface area contributed by atoms with Gasteiger partial charge in [0, 0.05) is 35.6 Å². The number of benzene rings is 1. The van der Waals surface area contributed by atoms with Crippen molar-refractivity contribution in [3.63, 3.8) is 0 Å². The highest BCUT2D eigenvalue weighted by atomic mass is 35.5. The largest absolute Gasteiger partial charge is 0.309 e. The number of rotatable bonds is 3. The summed E-state index contributed by atoms with van der Waals surface area (Å²) in [5.41, 5.74) is 2.01. The van der Waals surface area contributed by atoms with Crippen LogP contribution in [-0.4, -0.2) is 19.7 Å². The summed E-state index contributed by atoms with van der Waals surface area (Å²) in [5.74, 6) is 2.10. The van der Waals surface area contributed by atoms with Crippen molar-refractivity contribution in [2.45, 2.75) is 18.8 Å². The molecule has 0 aliphatic heterocycles. The van der Waals surface area contributed by atoms with Gasteiger partial charge in [-0.2, -0.15) is 5.10 Å². The zero-order chi connectivity index (χ0) is 14.4. The molecule has 0 spiro atoms. The molecule has 0 unspecified atom stereocenters. The Kier molecular flexibility index (Phi) is 2.82. The summed E-state index contributed by atoms with van der Waals surface area (Å²) >= 11 is 5.96. The number of aryl methyl sites for hydroxylation is 1. The summed E-state index contributed by atoms with van der Waals surface area (Å²) in [6.45, 7) is 0. The first kappa shape index (κ1) is 12.6. The van der Waals surface area contributed by atoms with E-state index >= 15 is 0 Å². The van der Waals surface area contributed by atoms with Crippen LogP contribution in [0.1, 0.15) is 24.5 Å². The van der Waals surface area contributed by atoms with Gasteiger partial charge in [0.15, 0.2) is 0 Å². The van der Waals surface area contributed by atoms with Gasteiger partial charge >= 0.3 is 0 Å². The van der Waals surface area contributed by atoms with Gasteiger partial charge in [-0.15, -0.1) is 0 Å². The lowest BCUT2D eigenvalue weighted by molar-refractivity contribution is 0.750. The van der Waals surface area contributed by atoms with Gasteiger partial charge < -0.3 is 5.32 Å². The Morgan fingerprint density at radius 1 is 1.29 bits per heavy atom. The molecule has 106 valence electrons. The number of nitrogens with one attached hydrogen (secondary N) is 1. The van der Waals surface area contributed by atoms with Gasteiger partial charge in [-0.1, -0.05) is 11.6 Å². The molecule has 0 amide bonds. The second-order valence-corrected chi connectivity index (χ2v) is 5.81. The van der Waals surface area contributed by atoms with Gasteiger partial charge in [0.05, 0.1) is 11.2 Å². The minimum Gasteiger partial charge on any atom is -0.309 e. The highest BCUT2D eigenvalue weighted by Crippen LogP contribution is 2.40. The van der Waals surface area contributed by atoms with Crippen LogP contribution in [0.25, 0.3) is 10.9 Å². The molecular weight excluding hydrogens is 286 g/mol. The number of hydrogen-bond acceptors (Lipinski definition) is 4. The molecule has 1 fully saturated rings. The first-order valence-corrected chi connectivity index (χ1v) is 7.30. The summed E-state index contributed by atoms with van der Waals surface area (Å²) < 4.78 is 1.84. The van der Waals surface area contributed by atoms with E-state index in [2.05, 4.69) is 26.4 Å². The van der Waals surface area contributed by atoms with Crippen molar-refractivity contribution >= 4 is 34.3 Å². The Bertz CT molecular complexity index is 822. The summed E-state index contributed by atoms with van der Waals surface area (Å²) in [7, 11) is 1.93. The van der Waals surface area contributed by atoms with E-state index in [1.54, 1.807) is 6.20 Å². The van der Waals surface area contributed by atoms with Crippen molar-refractivity contribution in [2.75, 3.05) is 5.32 Å². The van der Waals surface area contributed by atoms with E-state index in [0.29, 0.717) is 16.9 Å². The van der Waals surface area contributed by atoms with Crippen molar-refractivity contribution < 1.29 is 0 Å². The molecule has 0 radical (unpaired) electrons. The van der Waals surface area contributed by atoms with E-state index < -0.39 is 0 Å². The highest BCUT2D eigenvalue weighted by molar-refractivity contribution is 6.31. The summed E-state index contributed by atoms with van der Waals surface area (Å²) in [5, 5.41) is 9.37. The van der Waals surface area contributed by atoms with E-state index in [-0.39, 0.29) is 0 Å². The number of hydrogen-bond donors (Lipinski definition) is 1. The van der Waals surface area contributed by atoms with Gasteiger partial charge in [-0.3, -0.25) is 4.68 Å². The Labute approximate surface area is 127 Å². The van der Waals surface area contributed by atoms with E-state index in [0.717, 1.165) is 22.4 Å². The normalized spacial score (nSPS) is 14.6. The fourth-order valence-electron chi connectivity index (χ4n) is 2.36. The Hall–Kier alpha value is -2.14. The van der Waals surface area contributed by atoms with E-state index in [1.807, 2.05) is 29.9 Å². The predicted octanol–water partition coefficient (Wildman–Crippen LogP) is 3.64. The molecular formula is C15H14ClN5. The maximum Gasteiger partial charge on any atom is 0.228 e. The molecule has 0 atom stereocenters. The van der Waals surface area contributed by atoms with Gasteiger partial charge in [0.1, 0.15) is 5.82 Å². The van der Waals surface area contributed by atoms with E-state index in [4.69, 9.17) is 11.6 Å². The summed E-state index contributed by atoms with van der Waals surface area (Å²) in [6.07, 6.45) is 4.25. The third-order valence-electron chi connectivity index (χ3n) is 3.68. The van der Waals surface area contributed by atoms with Crippen LogP contribution in [0.3, 0.4) is 0 Å². The molecule has 1 aliphatic rings. The first-order valence-electron chi connectivity index (χ1n) is 6.92. The number of halogens is 1. The number of anilines is 2. The molecule has 5 nitrogen and oxygen atoms in total. The smallest absolute Gasteiger partial charge is 0.228 e. The molecule has 1 aromatic carbocycles. The molecule has 2 aromatic heterocycles. The Morgan fingerprint density at radius 2 is 2.14 bits per heavy atom. The zero-order valence-electron chi connectivity index (χ0n) is 11.5. The van der Waals surface area contributed by atoms with Crippen LogP contribution in [-0.2, 0) is 7.05 Å². The lowest BCUT2D eigenvalue weighted by Crippen LogP contribution is -2.02. The van der Waals surface area contributed by atoms with Crippen LogP contribution in [0.2, 0.25) is 5.02 Å². The fourth-order valence-corrected chi connectivity index (χ4v) is 2.54. The molecule has 0 saturated heterocycles. The lowest BCUT2D eigenvalue weighted by Gasteiger charge is -2.05. The number of nitrogens with zero attached hydrogens (tertiary/aromatic N) is 4. The molecule has 1 aliphatic carbocycles. The highest BCUT2D eigenvalue weighted by Gasteiger charge is 2.26. The van der Waals surface area contributed by atoms with Crippen molar-refractivity contribution in [1.29, 1.82) is 0 Å². The molecule has 1 N–H and O–H groups in total. The summed E-state index contributed by atoms with van der Waals surface area (Å²) in [6, 6.07) is 7.66. The van der Waals surface area contributed by atoms with Crippen molar-refractivity contribution in [3.8, 4) is 0 Å². The first-order chi connectivity index (χ1) is 10.2. The Balaban J connectivity index is 1.65. The zero-order valence-corrected chi connectivity index (χ0v) is 12.3. The van der Waals surface area contributed by atoms with Crippen LogP contribution in [0.5, 0.6) is 0 Å².